The predicted octanol–water partition coefficient (Wildman–Crippen LogP) is 9.11. The summed E-state index contributed by atoms with van der Waals surface area (Å²) in [7, 11) is 0. The molecule has 0 heterocycles. The lowest BCUT2D eigenvalue weighted by Crippen LogP contribution is -2.25. The Balaban J connectivity index is 1.60. The summed E-state index contributed by atoms with van der Waals surface area (Å²) < 4.78 is 147. The summed E-state index contributed by atoms with van der Waals surface area (Å²) in [6.07, 6.45) is -2.75. The Morgan fingerprint density at radius 1 is 0.690 bits per heavy atom. The fraction of sp³-hybridized carbons (Fsp3) is 0.0968. The summed E-state index contributed by atoms with van der Waals surface area (Å²) in [6.45, 7) is 3.45. The number of hydrogen-bond donors (Lipinski definition) is 0. The van der Waals surface area contributed by atoms with Gasteiger partial charge in [-0.1, -0.05) is 24.0 Å². The molecule has 0 saturated heterocycles. The maximum atomic E-state index is 14.8. The number of allylic oxidation sites excluding steroid dienone is 1. The number of benzene rings is 4. The minimum atomic E-state index is -4.67. The molecule has 0 aliphatic rings. The van der Waals surface area contributed by atoms with Crippen LogP contribution in [0.2, 0.25) is 0 Å². The zero-order valence-corrected chi connectivity index (χ0v) is 21.1. The van der Waals surface area contributed by atoms with Crippen molar-refractivity contribution in [3.8, 4) is 28.7 Å². The molecule has 4 aromatic carbocycles. The third kappa shape index (κ3) is 6.43. The molecule has 0 N–H and O–H groups in total. The molecule has 4 rings (SSSR count). The molecule has 0 fully saturated rings. The Hall–Kier alpha value is -4.72. The van der Waals surface area contributed by atoms with Crippen LogP contribution >= 0.6 is 0 Å². The van der Waals surface area contributed by atoms with Gasteiger partial charge in [0.2, 0.25) is 0 Å². The molecular weight excluding hydrogens is 578 g/mol. The van der Waals surface area contributed by atoms with Crippen molar-refractivity contribution >= 4 is 0 Å². The summed E-state index contributed by atoms with van der Waals surface area (Å²) in [5.41, 5.74) is -3.60. The highest BCUT2D eigenvalue weighted by Gasteiger charge is 2.41. The van der Waals surface area contributed by atoms with E-state index in [1.165, 1.54) is 6.08 Å². The van der Waals surface area contributed by atoms with Crippen molar-refractivity contribution in [3.05, 3.63) is 136 Å². The van der Waals surface area contributed by atoms with E-state index < -0.39 is 75.1 Å². The first-order valence-corrected chi connectivity index (χ1v) is 11.9. The third-order valence-electron chi connectivity index (χ3n) is 5.87. The minimum Gasteiger partial charge on any atom is -0.429 e. The van der Waals surface area contributed by atoms with Crippen molar-refractivity contribution < 1.29 is 48.6 Å². The molecule has 0 aliphatic heterocycles. The molecule has 4 aromatic rings. The van der Waals surface area contributed by atoms with E-state index in [2.05, 4.69) is 23.2 Å². The molecule has 0 spiro atoms. The van der Waals surface area contributed by atoms with Crippen LogP contribution in [-0.4, -0.2) is 0 Å². The van der Waals surface area contributed by atoms with Crippen LogP contribution in [0, 0.1) is 58.4 Å². The first-order chi connectivity index (χ1) is 19.8. The molecule has 216 valence electrons. The van der Waals surface area contributed by atoms with Gasteiger partial charge in [-0.25, -0.2) is 35.1 Å². The smallest absolute Gasteiger partial charge is 0.429 e. The second-order valence-electron chi connectivity index (χ2n) is 8.84. The van der Waals surface area contributed by atoms with Crippen LogP contribution < -0.4 is 4.74 Å². The van der Waals surface area contributed by atoms with Crippen molar-refractivity contribution in [3.63, 3.8) is 0 Å². The van der Waals surface area contributed by atoms with Gasteiger partial charge in [0.15, 0.2) is 17.5 Å². The Kier molecular flexibility index (Phi) is 8.66. The average molecular weight is 594 g/mol. The van der Waals surface area contributed by atoms with Gasteiger partial charge in [-0.3, -0.25) is 0 Å². The van der Waals surface area contributed by atoms with Crippen LogP contribution in [0.15, 0.2) is 67.3 Å². The molecule has 0 atom stereocenters. The number of rotatable bonds is 7. The van der Waals surface area contributed by atoms with Crippen LogP contribution in [0.5, 0.6) is 5.75 Å². The monoisotopic (exact) mass is 594 g/mol. The van der Waals surface area contributed by atoms with E-state index in [9.17, 15) is 43.9 Å². The maximum absolute atomic E-state index is 14.8. The highest BCUT2D eigenvalue weighted by molar-refractivity contribution is 5.67. The van der Waals surface area contributed by atoms with Gasteiger partial charge >= 0.3 is 6.11 Å². The molecule has 0 amide bonds. The van der Waals surface area contributed by atoms with Crippen LogP contribution in [0.3, 0.4) is 0 Å². The van der Waals surface area contributed by atoms with Gasteiger partial charge in [-0.05, 0) is 60.4 Å². The summed E-state index contributed by atoms with van der Waals surface area (Å²) in [5.74, 6) is -8.72. The topological polar surface area (TPSA) is 9.23 Å². The molecule has 0 saturated carbocycles. The summed E-state index contributed by atoms with van der Waals surface area (Å²) in [5, 5.41) is 0. The lowest BCUT2D eigenvalue weighted by atomic mass is 10.0. The standard InChI is InChI=1S/C31H16F10O/c1-2-3-4-16-9-24(35)29(25(36)10-16)31(40,41)42-20-14-22(33)28(23(34)15-20)19-8-7-18(21(32)13-19)6-5-17-11-26(37)30(39)27(38)12-17/h2,7-15H,1,3-4H2. The first-order valence-electron chi connectivity index (χ1n) is 11.9. The maximum Gasteiger partial charge on any atom is 0.432 e. The van der Waals surface area contributed by atoms with Gasteiger partial charge in [0.05, 0.1) is 11.1 Å². The van der Waals surface area contributed by atoms with Crippen molar-refractivity contribution in [2.75, 3.05) is 0 Å². The largest absolute Gasteiger partial charge is 0.432 e. The normalized spacial score (nSPS) is 11.2. The second-order valence-corrected chi connectivity index (χ2v) is 8.84. The minimum absolute atomic E-state index is 0.0772. The van der Waals surface area contributed by atoms with Gasteiger partial charge in [-0.15, -0.1) is 6.58 Å². The van der Waals surface area contributed by atoms with Gasteiger partial charge < -0.3 is 4.74 Å². The number of hydrogen-bond acceptors (Lipinski definition) is 1. The Bertz CT molecular complexity index is 1680. The fourth-order valence-electron chi connectivity index (χ4n) is 3.94. The van der Waals surface area contributed by atoms with Gasteiger partial charge in [-0.2, -0.15) is 8.78 Å². The van der Waals surface area contributed by atoms with E-state index in [4.69, 9.17) is 0 Å². The molecule has 0 aliphatic carbocycles. The van der Waals surface area contributed by atoms with E-state index in [1.807, 2.05) is 0 Å². The number of alkyl halides is 2. The van der Waals surface area contributed by atoms with Crippen molar-refractivity contribution in [2.45, 2.75) is 19.0 Å². The van der Waals surface area contributed by atoms with Crippen molar-refractivity contribution in [1.82, 2.24) is 0 Å². The van der Waals surface area contributed by atoms with Crippen LogP contribution in [0.1, 0.15) is 28.7 Å². The Labute approximate surface area is 232 Å². The van der Waals surface area contributed by atoms with Gasteiger partial charge in [0.1, 0.15) is 40.4 Å². The zero-order chi connectivity index (χ0) is 30.8. The molecule has 0 bridgehead atoms. The molecule has 1 nitrogen and oxygen atoms in total. The van der Waals surface area contributed by atoms with Crippen molar-refractivity contribution in [2.24, 2.45) is 0 Å². The van der Waals surface area contributed by atoms with E-state index in [0.717, 1.165) is 12.1 Å². The lowest BCUT2D eigenvalue weighted by molar-refractivity contribution is -0.189. The lowest BCUT2D eigenvalue weighted by Gasteiger charge is -2.20. The third-order valence-corrected chi connectivity index (χ3v) is 5.87. The van der Waals surface area contributed by atoms with Crippen molar-refractivity contribution in [1.29, 1.82) is 0 Å². The second kappa shape index (κ2) is 12.0. The summed E-state index contributed by atoms with van der Waals surface area (Å²) in [6, 6.07) is 5.84. The molecule has 0 unspecified atom stereocenters. The van der Waals surface area contributed by atoms with Gasteiger partial charge in [0, 0.05) is 17.7 Å². The average Bonchev–Trinajstić information content (AvgIpc) is 2.88. The van der Waals surface area contributed by atoms with Crippen LogP contribution in [0.25, 0.3) is 11.1 Å². The number of halogens is 10. The molecule has 11 heteroatoms. The molecular formula is C31H16F10O. The predicted molar refractivity (Wildman–Crippen MR) is 133 cm³/mol. The first kappa shape index (κ1) is 30.2. The van der Waals surface area contributed by atoms with Crippen LogP contribution in [-0.2, 0) is 12.5 Å². The summed E-state index contributed by atoms with van der Waals surface area (Å²) >= 11 is 0. The van der Waals surface area contributed by atoms with E-state index >= 15 is 0 Å². The molecule has 0 radical (unpaired) electrons. The van der Waals surface area contributed by atoms with Crippen LogP contribution in [0.4, 0.5) is 43.9 Å². The molecule has 42 heavy (non-hydrogen) atoms. The van der Waals surface area contributed by atoms with E-state index in [0.29, 0.717) is 48.9 Å². The number of aryl methyl sites for hydroxylation is 1. The zero-order valence-electron chi connectivity index (χ0n) is 21.1. The number of ether oxygens (including phenoxy) is 1. The Morgan fingerprint density at radius 2 is 1.29 bits per heavy atom. The SMILES string of the molecule is C=CCCc1cc(F)c(C(F)(F)Oc2cc(F)c(-c3ccc(C#Cc4cc(F)c(F)c(F)c4)c(F)c3)c(F)c2)c(F)c1. The van der Waals surface area contributed by atoms with E-state index in [-0.39, 0.29) is 23.1 Å². The fourth-order valence-corrected chi connectivity index (χ4v) is 3.94. The highest BCUT2D eigenvalue weighted by atomic mass is 19.3. The quantitative estimate of drug-likeness (QED) is 0.0898. The van der Waals surface area contributed by atoms with Gasteiger partial charge in [0.25, 0.3) is 0 Å². The highest BCUT2D eigenvalue weighted by Crippen LogP contribution is 2.38. The molecule has 0 aromatic heterocycles. The summed E-state index contributed by atoms with van der Waals surface area (Å²) in [4.78, 5) is 0. The van der Waals surface area contributed by atoms with E-state index in [1.54, 1.807) is 0 Å². The Morgan fingerprint density at radius 3 is 1.83 bits per heavy atom.